The SMILES string of the molecule is FC(F)(F)c1nnc(-c2cc3ccccc3s2)c2nc3ccccc3nc12. The average molecular weight is 382 g/mol. The molecule has 0 aliphatic heterocycles. The van der Waals surface area contributed by atoms with Gasteiger partial charge < -0.3 is 0 Å². The number of rotatable bonds is 1. The molecule has 4 nitrogen and oxygen atoms in total. The molecule has 0 atom stereocenters. The Bertz CT molecular complexity index is 1290. The number of hydrogen-bond donors (Lipinski definition) is 0. The van der Waals surface area contributed by atoms with Gasteiger partial charge in [0.05, 0.1) is 15.9 Å². The molecule has 0 aliphatic rings. The van der Waals surface area contributed by atoms with Gasteiger partial charge in [0, 0.05) is 4.70 Å². The molecule has 2 aromatic carbocycles. The van der Waals surface area contributed by atoms with Gasteiger partial charge in [0.15, 0.2) is 5.69 Å². The second-order valence-electron chi connectivity index (χ2n) is 5.95. The molecule has 0 aliphatic carbocycles. The van der Waals surface area contributed by atoms with E-state index in [1.54, 1.807) is 24.3 Å². The molecule has 3 heterocycles. The van der Waals surface area contributed by atoms with E-state index in [4.69, 9.17) is 0 Å². The quantitative estimate of drug-likeness (QED) is 0.361. The first-order valence-corrected chi connectivity index (χ1v) is 8.82. The molecular formula is C19H9F3N4S. The summed E-state index contributed by atoms with van der Waals surface area (Å²) in [7, 11) is 0. The lowest BCUT2D eigenvalue weighted by Crippen LogP contribution is -2.12. The Morgan fingerprint density at radius 2 is 1.44 bits per heavy atom. The van der Waals surface area contributed by atoms with Crippen LogP contribution in [0.4, 0.5) is 13.2 Å². The topological polar surface area (TPSA) is 51.6 Å². The Labute approximate surface area is 154 Å². The van der Waals surface area contributed by atoms with Gasteiger partial charge in [0.25, 0.3) is 0 Å². The van der Waals surface area contributed by atoms with Crippen LogP contribution < -0.4 is 0 Å². The highest BCUT2D eigenvalue weighted by atomic mass is 32.1. The van der Waals surface area contributed by atoms with Crippen molar-refractivity contribution in [2.75, 3.05) is 0 Å². The molecular weight excluding hydrogens is 373 g/mol. The highest BCUT2D eigenvalue weighted by molar-refractivity contribution is 7.22. The van der Waals surface area contributed by atoms with E-state index in [9.17, 15) is 13.2 Å². The molecule has 0 amide bonds. The fraction of sp³-hybridized carbons (Fsp3) is 0.0526. The predicted molar refractivity (Wildman–Crippen MR) is 98.5 cm³/mol. The first-order valence-electron chi connectivity index (χ1n) is 8.00. The van der Waals surface area contributed by atoms with Crippen LogP contribution in [0.25, 0.3) is 42.7 Å². The standard InChI is InChI=1S/C19H9F3N4S/c20-19(21,22)18-17-16(23-11-6-2-3-7-12(11)24-17)15(25-26-18)14-9-10-5-1-4-8-13(10)27-14/h1-9H. The van der Waals surface area contributed by atoms with Crippen molar-refractivity contribution < 1.29 is 13.2 Å². The minimum Gasteiger partial charge on any atom is -0.242 e. The van der Waals surface area contributed by atoms with Crippen LogP contribution in [0.5, 0.6) is 0 Å². The number of hydrogen-bond acceptors (Lipinski definition) is 5. The van der Waals surface area contributed by atoms with Gasteiger partial charge in [0.1, 0.15) is 16.7 Å². The van der Waals surface area contributed by atoms with E-state index in [1.165, 1.54) is 11.3 Å². The van der Waals surface area contributed by atoms with Crippen LogP contribution in [0, 0.1) is 0 Å². The first-order chi connectivity index (χ1) is 13.0. The molecule has 0 spiro atoms. The minimum absolute atomic E-state index is 0.0996. The van der Waals surface area contributed by atoms with Crippen LogP contribution >= 0.6 is 11.3 Å². The van der Waals surface area contributed by atoms with Crippen molar-refractivity contribution in [1.29, 1.82) is 0 Å². The van der Waals surface area contributed by atoms with E-state index >= 15 is 0 Å². The number of halogens is 3. The maximum absolute atomic E-state index is 13.5. The molecule has 5 aromatic rings. The Kier molecular flexibility index (Phi) is 3.38. The molecule has 0 radical (unpaired) electrons. The van der Waals surface area contributed by atoms with E-state index in [1.807, 2.05) is 30.3 Å². The summed E-state index contributed by atoms with van der Waals surface area (Å²) in [5.74, 6) is 0. The van der Waals surface area contributed by atoms with Gasteiger partial charge >= 0.3 is 6.18 Å². The average Bonchev–Trinajstić information content (AvgIpc) is 3.08. The zero-order valence-electron chi connectivity index (χ0n) is 13.5. The monoisotopic (exact) mass is 382 g/mol. The normalized spacial score (nSPS) is 12.3. The summed E-state index contributed by atoms with van der Waals surface area (Å²) in [6.45, 7) is 0. The molecule has 0 saturated carbocycles. The van der Waals surface area contributed by atoms with E-state index in [0.29, 0.717) is 21.6 Å². The summed E-state index contributed by atoms with van der Waals surface area (Å²) in [6.07, 6.45) is -4.67. The number of fused-ring (bicyclic) bond motifs is 3. The molecule has 0 fully saturated rings. The van der Waals surface area contributed by atoms with Gasteiger partial charge in [-0.2, -0.15) is 13.2 Å². The highest BCUT2D eigenvalue weighted by Gasteiger charge is 2.37. The third kappa shape index (κ3) is 2.60. The van der Waals surface area contributed by atoms with Crippen molar-refractivity contribution in [2.24, 2.45) is 0 Å². The van der Waals surface area contributed by atoms with E-state index in [0.717, 1.165) is 10.1 Å². The number of benzene rings is 2. The van der Waals surface area contributed by atoms with Gasteiger partial charge in [-0.1, -0.05) is 30.3 Å². The van der Waals surface area contributed by atoms with E-state index in [-0.39, 0.29) is 11.0 Å². The zero-order valence-corrected chi connectivity index (χ0v) is 14.3. The zero-order chi connectivity index (χ0) is 18.6. The Hall–Kier alpha value is -3.13. The molecule has 3 aromatic heterocycles. The third-order valence-corrected chi connectivity index (χ3v) is 5.32. The van der Waals surface area contributed by atoms with E-state index in [2.05, 4.69) is 20.2 Å². The molecule has 27 heavy (non-hydrogen) atoms. The smallest absolute Gasteiger partial charge is 0.242 e. The lowest BCUT2D eigenvalue weighted by atomic mass is 10.2. The summed E-state index contributed by atoms with van der Waals surface area (Å²) >= 11 is 1.43. The maximum Gasteiger partial charge on any atom is 0.437 e. The van der Waals surface area contributed by atoms with Crippen LogP contribution in [0.2, 0.25) is 0 Å². The van der Waals surface area contributed by atoms with Crippen molar-refractivity contribution in [2.45, 2.75) is 6.18 Å². The molecule has 0 saturated heterocycles. The van der Waals surface area contributed by atoms with Crippen molar-refractivity contribution in [3.63, 3.8) is 0 Å². The summed E-state index contributed by atoms with van der Waals surface area (Å²) in [4.78, 5) is 9.34. The van der Waals surface area contributed by atoms with Crippen LogP contribution in [0.1, 0.15) is 5.69 Å². The van der Waals surface area contributed by atoms with Gasteiger partial charge in [-0.3, -0.25) is 0 Å². The molecule has 0 bridgehead atoms. The number of alkyl halides is 3. The van der Waals surface area contributed by atoms with Gasteiger partial charge in [-0.25, -0.2) is 9.97 Å². The second kappa shape index (κ2) is 5.68. The van der Waals surface area contributed by atoms with Gasteiger partial charge in [0.2, 0.25) is 0 Å². The van der Waals surface area contributed by atoms with Crippen LogP contribution in [0.15, 0.2) is 54.6 Å². The summed E-state index contributed by atoms with van der Waals surface area (Å²) < 4.78 is 41.4. The minimum atomic E-state index is -4.67. The number of nitrogens with zero attached hydrogens (tertiary/aromatic N) is 4. The first kappa shape index (κ1) is 16.1. The summed E-state index contributed by atoms with van der Waals surface area (Å²) in [5, 5.41) is 8.33. The van der Waals surface area contributed by atoms with Crippen molar-refractivity contribution >= 4 is 43.5 Å². The molecule has 0 N–H and O–H groups in total. The Morgan fingerprint density at radius 3 is 2.15 bits per heavy atom. The fourth-order valence-corrected chi connectivity index (χ4v) is 4.03. The number of thiophene rings is 1. The van der Waals surface area contributed by atoms with E-state index < -0.39 is 11.9 Å². The van der Waals surface area contributed by atoms with Crippen molar-refractivity contribution in [3.05, 3.63) is 60.3 Å². The summed E-state index contributed by atoms with van der Waals surface area (Å²) in [5.41, 5.74) is -0.122. The lowest BCUT2D eigenvalue weighted by Gasteiger charge is -2.10. The fourth-order valence-electron chi connectivity index (χ4n) is 2.98. The largest absolute Gasteiger partial charge is 0.437 e. The van der Waals surface area contributed by atoms with Gasteiger partial charge in [-0.15, -0.1) is 21.5 Å². The number of para-hydroxylation sites is 2. The molecule has 5 rings (SSSR count). The van der Waals surface area contributed by atoms with Crippen LogP contribution in [-0.2, 0) is 6.18 Å². The molecule has 0 unspecified atom stereocenters. The van der Waals surface area contributed by atoms with Crippen molar-refractivity contribution in [1.82, 2.24) is 20.2 Å². The van der Waals surface area contributed by atoms with Gasteiger partial charge in [-0.05, 0) is 29.7 Å². The maximum atomic E-state index is 13.5. The second-order valence-corrected chi connectivity index (χ2v) is 7.04. The van der Waals surface area contributed by atoms with Crippen molar-refractivity contribution in [3.8, 4) is 10.6 Å². The third-order valence-electron chi connectivity index (χ3n) is 4.20. The number of aromatic nitrogens is 4. The lowest BCUT2D eigenvalue weighted by molar-refractivity contribution is -0.140. The summed E-state index contributed by atoms with van der Waals surface area (Å²) in [6, 6.07) is 16.4. The highest BCUT2D eigenvalue weighted by Crippen LogP contribution is 2.38. The Balaban J connectivity index is 1.88. The van der Waals surface area contributed by atoms with Crippen LogP contribution in [-0.4, -0.2) is 20.2 Å². The predicted octanol–water partition coefficient (Wildman–Crippen LogP) is 5.47. The van der Waals surface area contributed by atoms with Crippen LogP contribution in [0.3, 0.4) is 0 Å². The Morgan fingerprint density at radius 1 is 0.778 bits per heavy atom. The molecule has 132 valence electrons. The molecule has 8 heteroatoms.